The second-order valence-electron chi connectivity index (χ2n) is 5.66. The highest BCUT2D eigenvalue weighted by Crippen LogP contribution is 2.40. The fraction of sp³-hybridized carbons (Fsp3) is 0.105. The van der Waals surface area contributed by atoms with Gasteiger partial charge in [-0.1, -0.05) is 48.5 Å². The summed E-state index contributed by atoms with van der Waals surface area (Å²) in [7, 11) is 0. The molecule has 3 aromatic rings. The van der Waals surface area contributed by atoms with Gasteiger partial charge < -0.3 is 4.74 Å². The van der Waals surface area contributed by atoms with Crippen LogP contribution in [0.25, 0.3) is 10.8 Å². The van der Waals surface area contributed by atoms with Crippen LogP contribution in [0, 0.1) is 0 Å². The molecule has 0 aliphatic carbocycles. The second-order valence-corrected chi connectivity index (χ2v) is 5.66. The number of hydrogen-bond donors (Lipinski definition) is 0. The van der Waals surface area contributed by atoms with Crippen molar-refractivity contribution in [3.05, 3.63) is 82.9 Å². The van der Waals surface area contributed by atoms with Crippen molar-refractivity contribution in [2.24, 2.45) is 0 Å². The van der Waals surface area contributed by atoms with Crippen LogP contribution in [0.4, 0.5) is 13.2 Å². The number of halogens is 3. The third-order valence-electron chi connectivity index (χ3n) is 4.19. The molecule has 1 aliphatic rings. The Morgan fingerprint density at radius 1 is 0.917 bits per heavy atom. The molecule has 4 rings (SSSR count). The molecule has 0 spiro atoms. The van der Waals surface area contributed by atoms with Crippen molar-refractivity contribution in [3.63, 3.8) is 0 Å². The molecule has 0 N–H and O–H groups in total. The maximum Gasteiger partial charge on any atom is 0.416 e. The number of fused-ring (bicyclic) bond motifs is 3. The van der Waals surface area contributed by atoms with Crippen LogP contribution in [0.5, 0.6) is 0 Å². The van der Waals surface area contributed by atoms with E-state index in [1.54, 1.807) is 6.07 Å². The van der Waals surface area contributed by atoms with E-state index in [1.807, 2.05) is 30.3 Å². The zero-order chi connectivity index (χ0) is 16.9. The van der Waals surface area contributed by atoms with Crippen molar-refractivity contribution in [1.29, 1.82) is 0 Å². The fourth-order valence-corrected chi connectivity index (χ4v) is 3.09. The Hall–Kier alpha value is -2.82. The van der Waals surface area contributed by atoms with Gasteiger partial charge in [0.05, 0.1) is 11.1 Å². The first kappa shape index (κ1) is 14.8. The Bertz CT molecular complexity index is 960. The first-order chi connectivity index (χ1) is 11.4. The SMILES string of the molecule is O=C1O[C@H](c2cccc(C(F)(F)F)c2)c2ccc3ccccc3c21. The first-order valence-corrected chi connectivity index (χ1v) is 7.35. The van der Waals surface area contributed by atoms with E-state index in [9.17, 15) is 18.0 Å². The Kier molecular flexibility index (Phi) is 3.13. The van der Waals surface area contributed by atoms with E-state index in [0.717, 1.165) is 22.9 Å². The van der Waals surface area contributed by atoms with E-state index in [0.29, 0.717) is 16.7 Å². The van der Waals surface area contributed by atoms with Gasteiger partial charge in [0.15, 0.2) is 6.10 Å². The molecule has 24 heavy (non-hydrogen) atoms. The highest BCUT2D eigenvalue weighted by Gasteiger charge is 2.36. The molecule has 0 bridgehead atoms. The van der Waals surface area contributed by atoms with Crippen LogP contribution in [0.15, 0.2) is 60.7 Å². The molecule has 0 aromatic heterocycles. The fourth-order valence-electron chi connectivity index (χ4n) is 3.09. The summed E-state index contributed by atoms with van der Waals surface area (Å²) in [5.74, 6) is -0.510. The lowest BCUT2D eigenvalue weighted by molar-refractivity contribution is -0.137. The molecule has 0 fully saturated rings. The summed E-state index contributed by atoms with van der Waals surface area (Å²) in [6, 6.07) is 15.8. The molecule has 0 amide bonds. The predicted octanol–water partition coefficient (Wildman–Crippen LogP) is 5.12. The Labute approximate surface area is 135 Å². The monoisotopic (exact) mass is 328 g/mol. The smallest absolute Gasteiger partial charge is 0.416 e. The predicted molar refractivity (Wildman–Crippen MR) is 82.7 cm³/mol. The lowest BCUT2D eigenvalue weighted by Gasteiger charge is -2.14. The molecule has 1 atom stereocenters. The van der Waals surface area contributed by atoms with E-state index >= 15 is 0 Å². The van der Waals surface area contributed by atoms with E-state index < -0.39 is 23.8 Å². The maximum atomic E-state index is 12.9. The Morgan fingerprint density at radius 3 is 2.50 bits per heavy atom. The number of hydrogen-bond acceptors (Lipinski definition) is 2. The highest BCUT2D eigenvalue weighted by atomic mass is 19.4. The van der Waals surface area contributed by atoms with Gasteiger partial charge in [-0.15, -0.1) is 0 Å². The van der Waals surface area contributed by atoms with Crippen molar-refractivity contribution in [2.75, 3.05) is 0 Å². The summed E-state index contributed by atoms with van der Waals surface area (Å²) in [6.45, 7) is 0. The van der Waals surface area contributed by atoms with Crippen molar-refractivity contribution < 1.29 is 22.7 Å². The van der Waals surface area contributed by atoms with Crippen LogP contribution in [0.2, 0.25) is 0 Å². The van der Waals surface area contributed by atoms with Crippen LogP contribution in [-0.4, -0.2) is 5.97 Å². The molecule has 5 heteroatoms. The summed E-state index contributed by atoms with van der Waals surface area (Å²) in [4.78, 5) is 12.3. The normalized spacial score (nSPS) is 17.0. The van der Waals surface area contributed by atoms with Crippen molar-refractivity contribution in [2.45, 2.75) is 12.3 Å². The van der Waals surface area contributed by atoms with E-state index in [-0.39, 0.29) is 0 Å². The second kappa shape index (κ2) is 5.09. The largest absolute Gasteiger partial charge is 0.449 e. The molecule has 2 nitrogen and oxygen atoms in total. The number of rotatable bonds is 1. The Morgan fingerprint density at radius 2 is 1.71 bits per heavy atom. The molecule has 0 radical (unpaired) electrons. The molecule has 0 saturated carbocycles. The van der Waals surface area contributed by atoms with Gasteiger partial charge in [-0.05, 0) is 28.5 Å². The van der Waals surface area contributed by atoms with Crippen LogP contribution in [0.1, 0.15) is 33.2 Å². The maximum absolute atomic E-state index is 12.9. The third kappa shape index (κ3) is 2.24. The average molecular weight is 328 g/mol. The van der Waals surface area contributed by atoms with Crippen molar-refractivity contribution >= 4 is 16.7 Å². The molecule has 120 valence electrons. The standard InChI is InChI=1S/C19H11F3O2/c20-19(21,22)13-6-3-5-12(10-13)17-15-9-8-11-4-1-2-7-14(11)16(15)18(23)24-17/h1-10,17H/t17-/m1/s1. The lowest BCUT2D eigenvalue weighted by Crippen LogP contribution is -2.07. The van der Waals surface area contributed by atoms with E-state index in [2.05, 4.69) is 0 Å². The van der Waals surface area contributed by atoms with Gasteiger partial charge in [-0.2, -0.15) is 13.2 Å². The van der Waals surface area contributed by atoms with Gasteiger partial charge >= 0.3 is 12.1 Å². The summed E-state index contributed by atoms with van der Waals surface area (Å²) in [6.07, 6.45) is -5.26. The number of carbonyl (C=O) groups is 1. The first-order valence-electron chi connectivity index (χ1n) is 7.35. The van der Waals surface area contributed by atoms with Gasteiger partial charge in [0, 0.05) is 5.56 Å². The van der Waals surface area contributed by atoms with Gasteiger partial charge in [-0.3, -0.25) is 0 Å². The van der Waals surface area contributed by atoms with Gasteiger partial charge in [0.2, 0.25) is 0 Å². The molecular formula is C19H11F3O2. The number of cyclic esters (lactones) is 1. The number of carbonyl (C=O) groups excluding carboxylic acids is 1. The number of ether oxygens (including phenoxy) is 1. The van der Waals surface area contributed by atoms with E-state index in [4.69, 9.17) is 4.74 Å². The highest BCUT2D eigenvalue weighted by molar-refractivity contribution is 6.08. The van der Waals surface area contributed by atoms with Gasteiger partial charge in [-0.25, -0.2) is 4.79 Å². The molecule has 0 saturated heterocycles. The topological polar surface area (TPSA) is 26.3 Å². The lowest BCUT2D eigenvalue weighted by atomic mass is 9.94. The minimum Gasteiger partial charge on any atom is -0.449 e. The Balaban J connectivity index is 1.87. The number of alkyl halides is 3. The summed E-state index contributed by atoms with van der Waals surface area (Å²) < 4.78 is 44.2. The number of benzene rings is 3. The van der Waals surface area contributed by atoms with Crippen LogP contribution in [0.3, 0.4) is 0 Å². The summed E-state index contributed by atoms with van der Waals surface area (Å²) >= 11 is 0. The van der Waals surface area contributed by atoms with Crippen LogP contribution < -0.4 is 0 Å². The third-order valence-corrected chi connectivity index (χ3v) is 4.19. The van der Waals surface area contributed by atoms with Crippen molar-refractivity contribution in [1.82, 2.24) is 0 Å². The molecular weight excluding hydrogens is 317 g/mol. The number of esters is 1. The van der Waals surface area contributed by atoms with Gasteiger partial charge in [0.25, 0.3) is 0 Å². The minimum absolute atomic E-state index is 0.312. The molecule has 1 heterocycles. The zero-order valence-electron chi connectivity index (χ0n) is 12.3. The molecule has 3 aromatic carbocycles. The molecule has 1 aliphatic heterocycles. The quantitative estimate of drug-likeness (QED) is 0.580. The van der Waals surface area contributed by atoms with Crippen LogP contribution in [-0.2, 0) is 10.9 Å². The average Bonchev–Trinajstić information content (AvgIpc) is 2.92. The van der Waals surface area contributed by atoms with Crippen molar-refractivity contribution in [3.8, 4) is 0 Å². The minimum atomic E-state index is -4.44. The van der Waals surface area contributed by atoms with Gasteiger partial charge in [0.1, 0.15) is 0 Å². The summed E-state index contributed by atoms with van der Waals surface area (Å²) in [5, 5.41) is 1.63. The zero-order valence-corrected chi connectivity index (χ0v) is 12.3. The van der Waals surface area contributed by atoms with Crippen LogP contribution >= 0.6 is 0 Å². The molecule has 0 unspecified atom stereocenters. The summed E-state index contributed by atoms with van der Waals surface area (Å²) in [5.41, 5.74) is 0.575. The van der Waals surface area contributed by atoms with E-state index in [1.165, 1.54) is 12.1 Å².